The fourth-order valence-corrected chi connectivity index (χ4v) is 3.25. The van der Waals surface area contributed by atoms with Crippen molar-refractivity contribution >= 4 is 45.6 Å². The third kappa shape index (κ3) is 6.76. The van der Waals surface area contributed by atoms with Crippen LogP contribution in [0.3, 0.4) is 0 Å². The van der Waals surface area contributed by atoms with Crippen LogP contribution in [0.25, 0.3) is 0 Å². The molecule has 0 saturated carbocycles. The second-order valence-corrected chi connectivity index (χ2v) is 7.93. The van der Waals surface area contributed by atoms with Gasteiger partial charge in [0, 0.05) is 10.2 Å². The summed E-state index contributed by atoms with van der Waals surface area (Å²) >= 11 is 3.32. The monoisotopic (exact) mass is 523 g/mol. The molecule has 0 spiro atoms. The quantitative estimate of drug-likeness (QED) is 0.157. The summed E-state index contributed by atoms with van der Waals surface area (Å²) in [6, 6.07) is 18.8. The Morgan fingerprint density at radius 1 is 0.971 bits per heavy atom. The molecule has 0 aromatic heterocycles. The van der Waals surface area contributed by atoms with Gasteiger partial charge in [-0.2, -0.15) is 5.10 Å². The molecule has 0 radical (unpaired) electrons. The van der Waals surface area contributed by atoms with Crippen LogP contribution in [0.1, 0.15) is 28.4 Å². The minimum atomic E-state index is -0.914. The van der Waals surface area contributed by atoms with Gasteiger partial charge in [-0.3, -0.25) is 9.59 Å². The molecule has 2 amide bonds. The normalized spacial score (nSPS) is 10.6. The van der Waals surface area contributed by atoms with Gasteiger partial charge >= 0.3 is 17.8 Å². The van der Waals surface area contributed by atoms with Gasteiger partial charge in [-0.15, -0.1) is 0 Å². The van der Waals surface area contributed by atoms with Gasteiger partial charge in [0.05, 0.1) is 18.9 Å². The molecule has 0 aliphatic heterocycles. The maximum Gasteiger partial charge on any atom is 0.343 e. The Hall–Kier alpha value is -3.98. The highest BCUT2D eigenvalue weighted by Gasteiger charge is 2.14. The molecule has 0 atom stereocenters. The van der Waals surface area contributed by atoms with Crippen LogP contribution in [0.2, 0.25) is 0 Å². The van der Waals surface area contributed by atoms with Crippen molar-refractivity contribution < 1.29 is 23.9 Å². The minimum Gasteiger partial charge on any atom is -0.493 e. The van der Waals surface area contributed by atoms with Gasteiger partial charge in [0.2, 0.25) is 0 Å². The van der Waals surface area contributed by atoms with Crippen molar-refractivity contribution in [1.29, 1.82) is 0 Å². The van der Waals surface area contributed by atoms with Crippen LogP contribution in [0.15, 0.2) is 76.3 Å². The van der Waals surface area contributed by atoms with Crippen molar-refractivity contribution in [3.05, 3.63) is 87.9 Å². The fraction of sp³-hybridized carbons (Fsp3) is 0.120. The molecule has 0 aliphatic rings. The number of carbonyl (C=O) groups is 3. The number of hydrogen-bond acceptors (Lipinski definition) is 6. The Labute approximate surface area is 205 Å². The van der Waals surface area contributed by atoms with Crippen molar-refractivity contribution in [1.82, 2.24) is 5.43 Å². The van der Waals surface area contributed by atoms with Crippen LogP contribution < -0.4 is 20.2 Å². The molecule has 3 aromatic carbocycles. The van der Waals surface area contributed by atoms with Crippen LogP contribution in [0.5, 0.6) is 11.5 Å². The summed E-state index contributed by atoms with van der Waals surface area (Å²) in [6.07, 6.45) is 2.21. The summed E-state index contributed by atoms with van der Waals surface area (Å²) < 4.78 is 11.5. The molecule has 0 aliphatic carbocycles. The van der Waals surface area contributed by atoms with Crippen molar-refractivity contribution in [3.63, 3.8) is 0 Å². The molecule has 34 heavy (non-hydrogen) atoms. The minimum absolute atomic E-state index is 0.224. The number of hydrogen-bond donors (Lipinski definition) is 2. The van der Waals surface area contributed by atoms with Crippen molar-refractivity contribution in [2.24, 2.45) is 5.10 Å². The first-order valence-electron chi connectivity index (χ1n) is 10.3. The lowest BCUT2D eigenvalue weighted by molar-refractivity contribution is -0.136. The number of rotatable bonds is 7. The summed E-state index contributed by atoms with van der Waals surface area (Å²) in [5.74, 6) is -1.77. The van der Waals surface area contributed by atoms with E-state index in [1.54, 1.807) is 54.6 Å². The lowest BCUT2D eigenvalue weighted by Gasteiger charge is -2.10. The SMILES string of the molecule is CCc1ccc(NC(=O)C(=O)N/N=C\c2ccc(OC(=O)c3cccc(Br)c3)c(OC)c2)cc1. The van der Waals surface area contributed by atoms with Gasteiger partial charge < -0.3 is 14.8 Å². The van der Waals surface area contributed by atoms with Gasteiger partial charge in [-0.1, -0.05) is 41.1 Å². The number of nitrogens with one attached hydrogen (secondary N) is 2. The number of amides is 2. The molecule has 3 rings (SSSR count). The predicted molar refractivity (Wildman–Crippen MR) is 132 cm³/mol. The smallest absolute Gasteiger partial charge is 0.343 e. The first-order chi connectivity index (χ1) is 16.4. The number of aryl methyl sites for hydroxylation is 1. The molecule has 3 aromatic rings. The van der Waals surface area contributed by atoms with Gasteiger partial charge in [0.25, 0.3) is 0 Å². The van der Waals surface area contributed by atoms with E-state index in [4.69, 9.17) is 9.47 Å². The lowest BCUT2D eigenvalue weighted by Crippen LogP contribution is -2.32. The zero-order chi connectivity index (χ0) is 24.5. The number of carbonyl (C=O) groups excluding carboxylic acids is 3. The van der Waals surface area contributed by atoms with Gasteiger partial charge in [0.15, 0.2) is 11.5 Å². The first kappa shape index (κ1) is 24.7. The molecule has 9 heteroatoms. The second kappa shape index (κ2) is 11.8. The number of nitrogens with zero attached hydrogens (tertiary/aromatic N) is 1. The van der Waals surface area contributed by atoms with E-state index >= 15 is 0 Å². The highest BCUT2D eigenvalue weighted by molar-refractivity contribution is 9.10. The van der Waals surface area contributed by atoms with E-state index < -0.39 is 17.8 Å². The zero-order valence-corrected chi connectivity index (χ0v) is 20.1. The molecule has 0 heterocycles. The Balaban J connectivity index is 1.59. The lowest BCUT2D eigenvalue weighted by atomic mass is 10.1. The Morgan fingerprint density at radius 2 is 1.74 bits per heavy atom. The second-order valence-electron chi connectivity index (χ2n) is 7.01. The average Bonchev–Trinajstić information content (AvgIpc) is 2.85. The third-order valence-corrected chi connectivity index (χ3v) is 5.15. The highest BCUT2D eigenvalue weighted by Crippen LogP contribution is 2.28. The largest absolute Gasteiger partial charge is 0.493 e. The summed E-state index contributed by atoms with van der Waals surface area (Å²) in [6.45, 7) is 2.03. The van der Waals surface area contributed by atoms with Gasteiger partial charge in [-0.25, -0.2) is 10.2 Å². The van der Waals surface area contributed by atoms with Gasteiger partial charge in [-0.05, 0) is 66.1 Å². The third-order valence-electron chi connectivity index (χ3n) is 4.66. The van der Waals surface area contributed by atoms with Crippen molar-refractivity contribution in [2.45, 2.75) is 13.3 Å². The summed E-state index contributed by atoms with van der Waals surface area (Å²) in [7, 11) is 1.44. The number of hydrazone groups is 1. The van der Waals surface area contributed by atoms with E-state index in [1.165, 1.54) is 13.3 Å². The zero-order valence-electron chi connectivity index (χ0n) is 18.5. The molecular formula is C25H22BrN3O5. The number of halogens is 1. The molecule has 2 N–H and O–H groups in total. The molecule has 174 valence electrons. The van der Waals surface area contributed by atoms with E-state index in [0.29, 0.717) is 22.6 Å². The maximum atomic E-state index is 12.4. The van der Waals surface area contributed by atoms with Crippen LogP contribution in [0.4, 0.5) is 5.69 Å². The summed E-state index contributed by atoms with van der Waals surface area (Å²) in [5.41, 5.74) is 4.74. The number of esters is 1. The van der Waals surface area contributed by atoms with Crippen LogP contribution in [-0.2, 0) is 16.0 Å². The number of anilines is 1. The van der Waals surface area contributed by atoms with Crippen LogP contribution in [0, 0.1) is 0 Å². The van der Waals surface area contributed by atoms with Crippen molar-refractivity contribution in [2.75, 3.05) is 12.4 Å². The van der Waals surface area contributed by atoms with E-state index in [0.717, 1.165) is 16.5 Å². The van der Waals surface area contributed by atoms with Crippen molar-refractivity contribution in [3.8, 4) is 11.5 Å². The molecule has 0 unspecified atom stereocenters. The molecule has 0 fully saturated rings. The standard InChI is InChI=1S/C25H22BrN3O5/c1-3-16-7-10-20(11-8-16)28-23(30)24(31)29-27-15-17-9-12-21(22(13-17)33-2)34-25(32)18-5-4-6-19(26)14-18/h4-15H,3H2,1-2H3,(H,28,30)(H,29,31)/b27-15-. The summed E-state index contributed by atoms with van der Waals surface area (Å²) in [5, 5.41) is 6.31. The van der Waals surface area contributed by atoms with E-state index in [2.05, 4.69) is 31.8 Å². The topological polar surface area (TPSA) is 106 Å². The highest BCUT2D eigenvalue weighted by atomic mass is 79.9. The fourth-order valence-electron chi connectivity index (χ4n) is 2.85. The first-order valence-corrected chi connectivity index (χ1v) is 11.1. The molecule has 8 nitrogen and oxygen atoms in total. The number of methoxy groups -OCH3 is 1. The Morgan fingerprint density at radius 3 is 2.41 bits per heavy atom. The van der Waals surface area contributed by atoms with Gasteiger partial charge in [0.1, 0.15) is 0 Å². The van der Waals surface area contributed by atoms with E-state index in [9.17, 15) is 14.4 Å². The summed E-state index contributed by atoms with van der Waals surface area (Å²) in [4.78, 5) is 36.4. The number of benzene rings is 3. The van der Waals surface area contributed by atoms with E-state index in [-0.39, 0.29) is 5.75 Å². The van der Waals surface area contributed by atoms with Crippen LogP contribution >= 0.6 is 15.9 Å². The molecular weight excluding hydrogens is 502 g/mol. The predicted octanol–water partition coefficient (Wildman–Crippen LogP) is 4.33. The van der Waals surface area contributed by atoms with Crippen LogP contribution in [-0.4, -0.2) is 31.1 Å². The maximum absolute atomic E-state index is 12.4. The number of ether oxygens (including phenoxy) is 2. The average molecular weight is 524 g/mol. The Kier molecular flexibility index (Phi) is 8.53. The Bertz CT molecular complexity index is 1230. The van der Waals surface area contributed by atoms with E-state index in [1.807, 2.05) is 19.1 Å². The molecule has 0 bridgehead atoms. The molecule has 0 saturated heterocycles.